The topological polar surface area (TPSA) is 74.1 Å². The third-order valence-electron chi connectivity index (χ3n) is 2.87. The van der Waals surface area contributed by atoms with Crippen LogP contribution in [0.2, 0.25) is 0 Å². The summed E-state index contributed by atoms with van der Waals surface area (Å²) in [6, 6.07) is 9.92. The van der Waals surface area contributed by atoms with Gasteiger partial charge >= 0.3 is 0 Å². The molecular formula is C16H20BrN3O2. The van der Waals surface area contributed by atoms with Crippen LogP contribution in [-0.2, 0) is 16.0 Å². The molecule has 22 heavy (non-hydrogen) atoms. The van der Waals surface area contributed by atoms with Crippen molar-refractivity contribution in [2.24, 2.45) is 0 Å². The van der Waals surface area contributed by atoms with E-state index in [4.69, 9.17) is 10.00 Å². The Morgan fingerprint density at radius 3 is 2.95 bits per heavy atom. The van der Waals surface area contributed by atoms with Gasteiger partial charge in [0.2, 0.25) is 0 Å². The predicted octanol–water partition coefficient (Wildman–Crippen LogP) is 2.14. The van der Waals surface area contributed by atoms with E-state index in [-0.39, 0.29) is 11.5 Å². The predicted molar refractivity (Wildman–Crippen MR) is 89.0 cm³/mol. The van der Waals surface area contributed by atoms with E-state index >= 15 is 0 Å². The number of carbonyl (C=O) groups is 1. The summed E-state index contributed by atoms with van der Waals surface area (Å²) in [5.74, 6) is -0.367. The van der Waals surface area contributed by atoms with Crippen molar-refractivity contribution in [3.05, 3.63) is 46.1 Å². The standard InChI is InChI=1S/C16H20BrN3O2/c1-22-9-3-7-20-16(21)14(11-18)12-19-8-6-13-4-2-5-15(17)10-13/h2,4-5,10,12,19H,3,6-9H2,1H3,(H,20,21)/b14-12-. The van der Waals surface area contributed by atoms with Gasteiger partial charge in [0.15, 0.2) is 0 Å². The zero-order chi connectivity index (χ0) is 16.2. The molecule has 0 spiro atoms. The molecule has 0 aromatic heterocycles. The summed E-state index contributed by atoms with van der Waals surface area (Å²) < 4.78 is 5.93. The highest BCUT2D eigenvalue weighted by Gasteiger charge is 2.07. The van der Waals surface area contributed by atoms with Crippen molar-refractivity contribution >= 4 is 21.8 Å². The fraction of sp³-hybridized carbons (Fsp3) is 0.375. The number of halogens is 1. The van der Waals surface area contributed by atoms with Crippen LogP contribution in [0.4, 0.5) is 0 Å². The van der Waals surface area contributed by atoms with Crippen LogP contribution in [0.25, 0.3) is 0 Å². The first-order valence-corrected chi connectivity index (χ1v) is 7.82. The van der Waals surface area contributed by atoms with E-state index in [2.05, 4.69) is 26.6 Å². The molecule has 2 N–H and O–H groups in total. The molecule has 1 amide bonds. The highest BCUT2D eigenvalue weighted by molar-refractivity contribution is 9.10. The Labute approximate surface area is 139 Å². The maximum absolute atomic E-state index is 11.8. The highest BCUT2D eigenvalue weighted by atomic mass is 79.9. The number of nitriles is 1. The van der Waals surface area contributed by atoms with Crippen LogP contribution in [-0.4, -0.2) is 32.7 Å². The lowest BCUT2D eigenvalue weighted by atomic mass is 10.1. The fourth-order valence-electron chi connectivity index (χ4n) is 1.75. The number of nitrogens with one attached hydrogen (secondary N) is 2. The van der Waals surface area contributed by atoms with Crippen LogP contribution in [0.15, 0.2) is 40.5 Å². The monoisotopic (exact) mass is 365 g/mol. The molecule has 0 heterocycles. The molecule has 1 rings (SSSR count). The number of carbonyl (C=O) groups excluding carboxylic acids is 1. The van der Waals surface area contributed by atoms with Crippen molar-refractivity contribution in [2.45, 2.75) is 12.8 Å². The summed E-state index contributed by atoms with van der Waals surface area (Å²) in [6.07, 6.45) is 2.99. The van der Waals surface area contributed by atoms with Crippen LogP contribution in [0.5, 0.6) is 0 Å². The number of nitrogens with zero attached hydrogens (tertiary/aromatic N) is 1. The molecule has 0 aliphatic carbocycles. The summed E-state index contributed by atoms with van der Waals surface area (Å²) in [5.41, 5.74) is 1.25. The van der Waals surface area contributed by atoms with Crippen LogP contribution >= 0.6 is 15.9 Å². The Bertz CT molecular complexity index is 553. The minimum Gasteiger partial charge on any atom is -0.389 e. The number of benzene rings is 1. The lowest BCUT2D eigenvalue weighted by molar-refractivity contribution is -0.117. The molecular weight excluding hydrogens is 346 g/mol. The van der Waals surface area contributed by atoms with Crippen molar-refractivity contribution in [2.75, 3.05) is 26.8 Å². The molecule has 0 saturated carbocycles. The molecule has 1 aromatic rings. The largest absolute Gasteiger partial charge is 0.389 e. The average Bonchev–Trinajstić information content (AvgIpc) is 2.51. The molecule has 0 atom stereocenters. The van der Waals surface area contributed by atoms with Crippen molar-refractivity contribution in [1.82, 2.24) is 10.6 Å². The van der Waals surface area contributed by atoms with Gasteiger partial charge in [-0.3, -0.25) is 4.79 Å². The molecule has 118 valence electrons. The van der Waals surface area contributed by atoms with Crippen LogP contribution in [0.1, 0.15) is 12.0 Å². The smallest absolute Gasteiger partial charge is 0.263 e. The summed E-state index contributed by atoms with van der Waals surface area (Å²) >= 11 is 3.42. The van der Waals surface area contributed by atoms with Gasteiger partial charge in [-0.05, 0) is 30.5 Å². The number of methoxy groups -OCH3 is 1. The zero-order valence-electron chi connectivity index (χ0n) is 12.6. The van der Waals surface area contributed by atoms with E-state index in [9.17, 15) is 4.79 Å². The van der Waals surface area contributed by atoms with Gasteiger partial charge in [0, 0.05) is 37.5 Å². The molecule has 1 aromatic carbocycles. The first-order chi connectivity index (χ1) is 10.7. The Kier molecular flexibility index (Phi) is 8.96. The second-order valence-corrected chi connectivity index (χ2v) is 5.52. The van der Waals surface area contributed by atoms with E-state index in [0.717, 1.165) is 17.3 Å². The van der Waals surface area contributed by atoms with Crippen LogP contribution in [0.3, 0.4) is 0 Å². The first-order valence-electron chi connectivity index (χ1n) is 7.02. The highest BCUT2D eigenvalue weighted by Crippen LogP contribution is 2.11. The van der Waals surface area contributed by atoms with Crippen molar-refractivity contribution < 1.29 is 9.53 Å². The number of ether oxygens (including phenoxy) is 1. The van der Waals surface area contributed by atoms with Gasteiger partial charge in [0.05, 0.1) is 0 Å². The van der Waals surface area contributed by atoms with E-state index in [1.165, 1.54) is 11.8 Å². The Morgan fingerprint density at radius 2 is 2.27 bits per heavy atom. The van der Waals surface area contributed by atoms with Gasteiger partial charge in [0.25, 0.3) is 5.91 Å². The third kappa shape index (κ3) is 7.25. The molecule has 0 radical (unpaired) electrons. The minimum atomic E-state index is -0.367. The quantitative estimate of drug-likeness (QED) is 0.399. The molecule has 6 heteroatoms. The molecule has 0 saturated heterocycles. The fourth-order valence-corrected chi connectivity index (χ4v) is 2.19. The van der Waals surface area contributed by atoms with Gasteiger partial charge in [-0.1, -0.05) is 28.1 Å². The van der Waals surface area contributed by atoms with Crippen LogP contribution < -0.4 is 10.6 Å². The number of rotatable bonds is 9. The Morgan fingerprint density at radius 1 is 1.45 bits per heavy atom. The minimum absolute atomic E-state index is 0.0756. The number of amides is 1. The van der Waals surface area contributed by atoms with Crippen LogP contribution in [0, 0.1) is 11.3 Å². The van der Waals surface area contributed by atoms with Gasteiger partial charge < -0.3 is 15.4 Å². The van der Waals surface area contributed by atoms with Crippen molar-refractivity contribution in [1.29, 1.82) is 5.26 Å². The van der Waals surface area contributed by atoms with Gasteiger partial charge in [-0.15, -0.1) is 0 Å². The SMILES string of the molecule is COCCCNC(=O)/C(C#N)=C\NCCc1cccc(Br)c1. The second-order valence-electron chi connectivity index (χ2n) is 4.61. The maximum Gasteiger partial charge on any atom is 0.263 e. The summed E-state index contributed by atoms with van der Waals surface area (Å²) in [4.78, 5) is 11.8. The zero-order valence-corrected chi connectivity index (χ0v) is 14.1. The number of hydrogen-bond donors (Lipinski definition) is 2. The van der Waals surface area contributed by atoms with E-state index in [1.807, 2.05) is 30.3 Å². The Hall–Kier alpha value is -1.84. The summed E-state index contributed by atoms with van der Waals surface area (Å²) in [5, 5.41) is 14.7. The average molecular weight is 366 g/mol. The van der Waals surface area contributed by atoms with Crippen molar-refractivity contribution in [3.8, 4) is 6.07 Å². The molecule has 0 aliphatic heterocycles. The van der Waals surface area contributed by atoms with Gasteiger partial charge in [-0.25, -0.2) is 0 Å². The molecule has 0 aliphatic rings. The number of hydrogen-bond acceptors (Lipinski definition) is 4. The third-order valence-corrected chi connectivity index (χ3v) is 3.36. The van der Waals surface area contributed by atoms with E-state index in [1.54, 1.807) is 7.11 Å². The molecule has 0 unspecified atom stereocenters. The molecule has 0 bridgehead atoms. The van der Waals surface area contributed by atoms with Crippen molar-refractivity contribution in [3.63, 3.8) is 0 Å². The van der Waals surface area contributed by atoms with Gasteiger partial charge in [-0.2, -0.15) is 5.26 Å². The maximum atomic E-state index is 11.8. The second kappa shape index (κ2) is 10.8. The first kappa shape index (κ1) is 18.2. The van der Waals surface area contributed by atoms with Gasteiger partial charge in [0.1, 0.15) is 11.6 Å². The Balaban J connectivity index is 2.35. The molecule has 5 nitrogen and oxygen atoms in total. The summed E-state index contributed by atoms with van der Waals surface area (Å²) in [6.45, 7) is 1.72. The van der Waals surface area contributed by atoms with E-state index in [0.29, 0.717) is 19.7 Å². The lowest BCUT2D eigenvalue weighted by Crippen LogP contribution is -2.27. The lowest BCUT2D eigenvalue weighted by Gasteiger charge is -2.05. The molecule has 0 fully saturated rings. The normalized spacial score (nSPS) is 10.9. The van der Waals surface area contributed by atoms with E-state index < -0.39 is 0 Å². The summed E-state index contributed by atoms with van der Waals surface area (Å²) in [7, 11) is 1.61.